The van der Waals surface area contributed by atoms with Crippen LogP contribution in [0.5, 0.6) is 5.75 Å². The second-order valence-electron chi connectivity index (χ2n) is 8.61. The molecule has 2 atom stereocenters. The minimum Gasteiger partial charge on any atom is -0.492 e. The van der Waals surface area contributed by atoms with Crippen LogP contribution in [0.2, 0.25) is 5.02 Å². The molecule has 6 nitrogen and oxygen atoms in total. The lowest BCUT2D eigenvalue weighted by atomic mass is 9.97. The number of aromatic nitrogens is 2. The van der Waals surface area contributed by atoms with Crippen LogP contribution >= 0.6 is 24.0 Å². The summed E-state index contributed by atoms with van der Waals surface area (Å²) in [6.07, 6.45) is 8.72. The molecule has 164 valence electrons. The standard InChI is InChI=1S/C22H28ClN3O3.ClH/c1-2-3-8-25-16-6-7-17(25)13-18(12-16)26-22(27)29-21(24-26)19-11-15(23)10-14-5-4-9-28-20(14)19;/h10-11,16-18H,2-9,12-13H2,1H3;1H. The molecule has 4 heterocycles. The number of ether oxygens (including phenoxy) is 1. The van der Waals surface area contributed by atoms with Gasteiger partial charge in [-0.2, -0.15) is 4.68 Å². The number of fused-ring (bicyclic) bond motifs is 3. The molecule has 3 aliphatic rings. The van der Waals surface area contributed by atoms with E-state index in [9.17, 15) is 4.79 Å². The number of benzene rings is 1. The molecule has 2 aromatic rings. The fourth-order valence-electron chi connectivity index (χ4n) is 5.38. The van der Waals surface area contributed by atoms with Gasteiger partial charge in [0.25, 0.3) is 5.89 Å². The zero-order chi connectivity index (χ0) is 20.0. The number of rotatable bonds is 5. The summed E-state index contributed by atoms with van der Waals surface area (Å²) in [7, 11) is 0. The number of nitrogens with zero attached hydrogens (tertiary/aromatic N) is 3. The van der Waals surface area contributed by atoms with E-state index in [4.69, 9.17) is 20.8 Å². The molecule has 2 saturated heterocycles. The summed E-state index contributed by atoms with van der Waals surface area (Å²) < 4.78 is 13.1. The van der Waals surface area contributed by atoms with Gasteiger partial charge in [-0.1, -0.05) is 24.9 Å². The van der Waals surface area contributed by atoms with Crippen LogP contribution in [-0.2, 0) is 6.42 Å². The molecule has 5 rings (SSSR count). The fraction of sp³-hybridized carbons (Fsp3) is 0.636. The third-order valence-corrected chi connectivity index (χ3v) is 6.96. The minimum absolute atomic E-state index is 0. The summed E-state index contributed by atoms with van der Waals surface area (Å²) in [5.74, 6) is 0.691. The van der Waals surface area contributed by atoms with Gasteiger partial charge in [-0.25, -0.2) is 4.79 Å². The SMILES string of the molecule is CCCCN1C2CCC1CC(n1nc(-c3cc(Cl)cc4c3OCCC4)oc1=O)C2.Cl. The molecule has 8 heteroatoms. The van der Waals surface area contributed by atoms with Crippen molar-refractivity contribution >= 4 is 24.0 Å². The first kappa shape index (κ1) is 21.7. The number of hydrogen-bond donors (Lipinski definition) is 0. The van der Waals surface area contributed by atoms with Crippen LogP contribution in [0.15, 0.2) is 21.3 Å². The lowest BCUT2D eigenvalue weighted by Crippen LogP contribution is -2.45. The Hall–Kier alpha value is -1.50. The van der Waals surface area contributed by atoms with Gasteiger partial charge in [-0.15, -0.1) is 17.5 Å². The maximum absolute atomic E-state index is 12.7. The van der Waals surface area contributed by atoms with Gasteiger partial charge in [-0.05, 0) is 69.2 Å². The summed E-state index contributed by atoms with van der Waals surface area (Å²) in [4.78, 5) is 15.4. The van der Waals surface area contributed by atoms with E-state index in [2.05, 4.69) is 16.9 Å². The summed E-state index contributed by atoms with van der Waals surface area (Å²) in [6, 6.07) is 4.93. The zero-order valence-electron chi connectivity index (χ0n) is 17.3. The van der Waals surface area contributed by atoms with Gasteiger partial charge in [0.05, 0.1) is 18.2 Å². The molecule has 2 bridgehead atoms. The topological polar surface area (TPSA) is 60.5 Å². The second-order valence-corrected chi connectivity index (χ2v) is 9.05. The van der Waals surface area contributed by atoms with Crippen molar-refractivity contribution in [2.75, 3.05) is 13.2 Å². The van der Waals surface area contributed by atoms with E-state index in [-0.39, 0.29) is 24.2 Å². The molecule has 30 heavy (non-hydrogen) atoms. The largest absolute Gasteiger partial charge is 0.492 e. The Bertz CT molecular complexity index is 944. The molecule has 0 N–H and O–H groups in total. The van der Waals surface area contributed by atoms with Crippen LogP contribution in [-0.4, -0.2) is 39.9 Å². The highest BCUT2D eigenvalue weighted by molar-refractivity contribution is 6.31. The second kappa shape index (κ2) is 8.93. The van der Waals surface area contributed by atoms with E-state index in [1.54, 1.807) is 10.7 Å². The van der Waals surface area contributed by atoms with Gasteiger partial charge in [0.2, 0.25) is 0 Å². The van der Waals surface area contributed by atoms with Crippen molar-refractivity contribution in [3.05, 3.63) is 33.3 Å². The Balaban J connectivity index is 0.00000218. The minimum atomic E-state index is -0.379. The van der Waals surface area contributed by atoms with Gasteiger partial charge >= 0.3 is 5.76 Å². The van der Waals surface area contributed by atoms with E-state index in [0.29, 0.717) is 35.2 Å². The molecule has 0 amide bonds. The van der Waals surface area contributed by atoms with Gasteiger partial charge in [0.1, 0.15) is 5.75 Å². The number of aryl methyl sites for hydroxylation is 1. The number of unbranched alkanes of at least 4 members (excludes halogenated alkanes) is 1. The molecular weight excluding hydrogens is 425 g/mol. The third-order valence-electron chi connectivity index (χ3n) is 6.74. The van der Waals surface area contributed by atoms with E-state index < -0.39 is 0 Å². The normalized spacial score (nSPS) is 25.5. The van der Waals surface area contributed by atoms with Crippen LogP contribution in [0.1, 0.15) is 63.5 Å². The van der Waals surface area contributed by atoms with Crippen molar-refractivity contribution in [1.82, 2.24) is 14.7 Å². The van der Waals surface area contributed by atoms with Crippen molar-refractivity contribution in [2.24, 2.45) is 0 Å². The Morgan fingerprint density at radius 3 is 2.70 bits per heavy atom. The van der Waals surface area contributed by atoms with E-state index in [1.807, 2.05) is 6.07 Å². The van der Waals surface area contributed by atoms with Crippen molar-refractivity contribution in [3.63, 3.8) is 0 Å². The highest BCUT2D eigenvalue weighted by Crippen LogP contribution is 2.41. The van der Waals surface area contributed by atoms with E-state index >= 15 is 0 Å². The molecular formula is C22H29Cl2N3O3. The quantitative estimate of drug-likeness (QED) is 0.645. The number of piperidine rings is 1. The monoisotopic (exact) mass is 453 g/mol. The van der Waals surface area contributed by atoms with Crippen LogP contribution in [0.3, 0.4) is 0 Å². The van der Waals surface area contributed by atoms with Gasteiger partial charge < -0.3 is 9.15 Å². The maximum Gasteiger partial charge on any atom is 0.437 e. The Labute approximate surface area is 187 Å². The average Bonchev–Trinajstić information content (AvgIpc) is 3.21. The highest BCUT2D eigenvalue weighted by Gasteiger charge is 2.42. The van der Waals surface area contributed by atoms with Crippen LogP contribution in [0.4, 0.5) is 0 Å². The smallest absolute Gasteiger partial charge is 0.437 e. The lowest BCUT2D eigenvalue weighted by Gasteiger charge is -2.38. The van der Waals surface area contributed by atoms with Crippen LogP contribution in [0, 0.1) is 0 Å². The summed E-state index contributed by atoms with van der Waals surface area (Å²) in [6.45, 7) is 4.07. The van der Waals surface area contributed by atoms with Crippen molar-refractivity contribution in [1.29, 1.82) is 0 Å². The average molecular weight is 454 g/mol. The van der Waals surface area contributed by atoms with Gasteiger partial charge in [0, 0.05) is 17.1 Å². The number of halogens is 2. The highest BCUT2D eigenvalue weighted by atomic mass is 35.5. The Morgan fingerprint density at radius 1 is 1.20 bits per heavy atom. The summed E-state index contributed by atoms with van der Waals surface area (Å²) in [5.41, 5.74) is 1.74. The Kier molecular flexibility index (Phi) is 6.47. The third kappa shape index (κ3) is 3.90. The van der Waals surface area contributed by atoms with Gasteiger partial charge in [0.15, 0.2) is 0 Å². The predicted molar refractivity (Wildman–Crippen MR) is 119 cm³/mol. The molecule has 0 saturated carbocycles. The summed E-state index contributed by atoms with van der Waals surface area (Å²) >= 11 is 6.32. The first-order valence-electron chi connectivity index (χ1n) is 10.9. The van der Waals surface area contributed by atoms with Crippen LogP contribution < -0.4 is 10.5 Å². The first-order valence-corrected chi connectivity index (χ1v) is 11.3. The molecule has 0 spiro atoms. The summed E-state index contributed by atoms with van der Waals surface area (Å²) in [5, 5.41) is 5.23. The fourth-order valence-corrected chi connectivity index (χ4v) is 5.62. The Morgan fingerprint density at radius 2 is 1.97 bits per heavy atom. The molecule has 2 fully saturated rings. The van der Waals surface area contributed by atoms with Gasteiger partial charge in [-0.3, -0.25) is 4.90 Å². The zero-order valence-corrected chi connectivity index (χ0v) is 18.9. The molecule has 2 unspecified atom stereocenters. The number of hydrogen-bond acceptors (Lipinski definition) is 5. The molecule has 0 aliphatic carbocycles. The van der Waals surface area contributed by atoms with Crippen molar-refractivity contribution < 1.29 is 9.15 Å². The first-order chi connectivity index (χ1) is 14.1. The van der Waals surface area contributed by atoms with E-state index in [0.717, 1.165) is 37.0 Å². The van der Waals surface area contributed by atoms with E-state index in [1.165, 1.54) is 32.2 Å². The molecule has 1 aromatic heterocycles. The molecule has 3 aliphatic heterocycles. The van der Waals surface area contributed by atoms with Crippen molar-refractivity contribution in [3.8, 4) is 17.2 Å². The predicted octanol–water partition coefficient (Wildman–Crippen LogP) is 4.87. The maximum atomic E-state index is 12.7. The molecule has 1 aromatic carbocycles. The van der Waals surface area contributed by atoms with Crippen LogP contribution in [0.25, 0.3) is 11.5 Å². The van der Waals surface area contributed by atoms with Crippen molar-refractivity contribution in [2.45, 2.75) is 76.4 Å². The molecule has 0 radical (unpaired) electrons. The lowest BCUT2D eigenvalue weighted by molar-refractivity contribution is 0.0985.